The Morgan fingerprint density at radius 3 is 2.42 bits per heavy atom. The van der Waals surface area contributed by atoms with E-state index < -0.39 is 5.54 Å². The number of nitrogens with zero attached hydrogens (tertiary/aromatic N) is 2. The maximum absolute atomic E-state index is 12.7. The second-order valence-corrected chi connectivity index (χ2v) is 7.42. The minimum atomic E-state index is -0.943. The lowest BCUT2D eigenvalue weighted by molar-refractivity contribution is -0.129. The highest BCUT2D eigenvalue weighted by Crippen LogP contribution is 2.28. The molecule has 2 N–H and O–H groups in total. The number of anilines is 1. The van der Waals surface area contributed by atoms with Gasteiger partial charge in [-0.25, -0.2) is 0 Å². The van der Waals surface area contributed by atoms with Crippen LogP contribution >= 0.6 is 0 Å². The minimum Gasteiger partial charge on any atom is -0.493 e. The molecular formula is C23H26N4O4. The van der Waals surface area contributed by atoms with E-state index in [2.05, 4.69) is 15.7 Å². The van der Waals surface area contributed by atoms with Crippen LogP contribution in [0.15, 0.2) is 60.9 Å². The number of amides is 2. The van der Waals surface area contributed by atoms with Crippen LogP contribution in [0.4, 0.5) is 5.69 Å². The van der Waals surface area contributed by atoms with E-state index in [1.54, 1.807) is 38.2 Å². The molecule has 162 valence electrons. The quantitative estimate of drug-likeness (QED) is 0.581. The summed E-state index contributed by atoms with van der Waals surface area (Å²) in [6.07, 6.45) is 3.13. The van der Waals surface area contributed by atoms with E-state index in [0.717, 1.165) is 5.56 Å². The number of carbonyl (C=O) groups excluding carboxylic acids is 2. The molecule has 0 spiro atoms. The molecule has 0 unspecified atom stereocenters. The fraction of sp³-hybridized carbons (Fsp3) is 0.261. The lowest BCUT2D eigenvalue weighted by atomic mass is 10.0. The molecule has 0 radical (unpaired) electrons. The molecule has 3 aromatic rings. The average molecular weight is 422 g/mol. The van der Waals surface area contributed by atoms with Crippen molar-refractivity contribution in [3.63, 3.8) is 0 Å². The van der Waals surface area contributed by atoms with E-state index in [4.69, 9.17) is 9.47 Å². The number of rotatable bonds is 8. The van der Waals surface area contributed by atoms with Gasteiger partial charge in [-0.15, -0.1) is 0 Å². The summed E-state index contributed by atoms with van der Waals surface area (Å²) in [5.41, 5.74) is 0.949. The zero-order valence-electron chi connectivity index (χ0n) is 18.0. The summed E-state index contributed by atoms with van der Waals surface area (Å²) in [6, 6.07) is 14.6. The normalized spacial score (nSPS) is 11.0. The third-order valence-electron chi connectivity index (χ3n) is 4.91. The fourth-order valence-electron chi connectivity index (χ4n) is 2.97. The van der Waals surface area contributed by atoms with Crippen molar-refractivity contribution in [1.82, 2.24) is 15.1 Å². The molecule has 0 aliphatic rings. The molecule has 31 heavy (non-hydrogen) atoms. The van der Waals surface area contributed by atoms with E-state index in [9.17, 15) is 9.59 Å². The Bertz CT molecular complexity index is 1060. The zero-order valence-corrected chi connectivity index (χ0v) is 18.0. The van der Waals surface area contributed by atoms with Crippen molar-refractivity contribution in [2.24, 2.45) is 0 Å². The summed E-state index contributed by atoms with van der Waals surface area (Å²) < 4.78 is 12.0. The van der Waals surface area contributed by atoms with Crippen LogP contribution in [0.5, 0.6) is 11.5 Å². The lowest BCUT2D eigenvalue weighted by Crippen LogP contribution is -2.44. The first-order chi connectivity index (χ1) is 14.8. The maximum Gasteiger partial charge on any atom is 0.255 e. The Morgan fingerprint density at radius 2 is 1.74 bits per heavy atom. The van der Waals surface area contributed by atoms with Crippen molar-refractivity contribution in [2.45, 2.75) is 25.9 Å². The van der Waals surface area contributed by atoms with Gasteiger partial charge in [0.25, 0.3) is 5.91 Å². The van der Waals surface area contributed by atoms with Crippen molar-refractivity contribution in [3.8, 4) is 11.5 Å². The van der Waals surface area contributed by atoms with Crippen molar-refractivity contribution in [2.75, 3.05) is 19.5 Å². The molecule has 3 rings (SSSR count). The van der Waals surface area contributed by atoms with Gasteiger partial charge in [0.15, 0.2) is 11.5 Å². The van der Waals surface area contributed by atoms with Crippen LogP contribution in [0, 0.1) is 0 Å². The second-order valence-electron chi connectivity index (χ2n) is 7.42. The summed E-state index contributed by atoms with van der Waals surface area (Å²) in [5, 5.41) is 9.98. The summed E-state index contributed by atoms with van der Waals surface area (Å²) >= 11 is 0. The van der Waals surface area contributed by atoms with Crippen LogP contribution in [-0.2, 0) is 16.9 Å². The van der Waals surface area contributed by atoms with Crippen LogP contribution in [0.1, 0.15) is 29.8 Å². The number of ether oxygens (including phenoxy) is 2. The smallest absolute Gasteiger partial charge is 0.255 e. The number of methoxy groups -OCH3 is 2. The molecule has 0 saturated carbocycles. The first kappa shape index (κ1) is 21.9. The van der Waals surface area contributed by atoms with Gasteiger partial charge in [-0.3, -0.25) is 14.3 Å². The van der Waals surface area contributed by atoms with Gasteiger partial charge in [-0.05, 0) is 37.6 Å². The Hall–Kier alpha value is -3.81. The predicted molar refractivity (Wildman–Crippen MR) is 117 cm³/mol. The second kappa shape index (κ2) is 9.34. The van der Waals surface area contributed by atoms with Crippen LogP contribution < -0.4 is 20.1 Å². The largest absolute Gasteiger partial charge is 0.493 e. The third kappa shape index (κ3) is 5.03. The topological polar surface area (TPSA) is 94.5 Å². The molecule has 2 amide bonds. The Balaban J connectivity index is 1.67. The standard InChI is InChI=1S/C23H26N4O4/c1-23(2,22(29)24-13-16-8-6-5-7-9-16)27-15-18(14-25-27)26-21(28)17-10-11-19(30-3)20(12-17)31-4/h5-12,14-15H,13H2,1-4H3,(H,24,29)(H,26,28). The number of nitrogens with one attached hydrogen (secondary N) is 2. The highest BCUT2D eigenvalue weighted by Gasteiger charge is 2.30. The minimum absolute atomic E-state index is 0.183. The van der Waals surface area contributed by atoms with Gasteiger partial charge >= 0.3 is 0 Å². The highest BCUT2D eigenvalue weighted by molar-refractivity contribution is 6.04. The summed E-state index contributed by atoms with van der Waals surface area (Å²) in [7, 11) is 3.04. The molecule has 1 heterocycles. The van der Waals surface area contributed by atoms with Crippen LogP contribution in [0.2, 0.25) is 0 Å². The molecule has 0 atom stereocenters. The molecule has 2 aromatic carbocycles. The zero-order chi connectivity index (χ0) is 22.4. The molecular weight excluding hydrogens is 396 g/mol. The first-order valence-electron chi connectivity index (χ1n) is 9.76. The van der Waals surface area contributed by atoms with Crippen LogP contribution in [-0.4, -0.2) is 35.8 Å². The van der Waals surface area contributed by atoms with Gasteiger partial charge in [-0.1, -0.05) is 30.3 Å². The Kier molecular flexibility index (Phi) is 6.59. The van der Waals surface area contributed by atoms with Crippen molar-refractivity contribution in [3.05, 3.63) is 72.1 Å². The fourth-order valence-corrected chi connectivity index (χ4v) is 2.97. The van der Waals surface area contributed by atoms with Crippen molar-refractivity contribution < 1.29 is 19.1 Å². The molecule has 8 nitrogen and oxygen atoms in total. The van der Waals surface area contributed by atoms with Crippen molar-refractivity contribution in [1.29, 1.82) is 0 Å². The van der Waals surface area contributed by atoms with Gasteiger partial charge in [0, 0.05) is 18.3 Å². The van der Waals surface area contributed by atoms with Gasteiger partial charge in [-0.2, -0.15) is 5.10 Å². The van der Waals surface area contributed by atoms with Gasteiger partial charge < -0.3 is 20.1 Å². The molecule has 8 heteroatoms. The monoisotopic (exact) mass is 422 g/mol. The predicted octanol–water partition coefficient (Wildman–Crippen LogP) is 3.20. The Morgan fingerprint density at radius 1 is 1.03 bits per heavy atom. The Labute approximate surface area is 181 Å². The summed E-state index contributed by atoms with van der Waals surface area (Å²) in [4.78, 5) is 25.3. The molecule has 0 aliphatic heterocycles. The molecule has 0 saturated heterocycles. The number of carbonyl (C=O) groups is 2. The maximum atomic E-state index is 12.7. The van der Waals surface area contributed by atoms with Gasteiger partial charge in [0.1, 0.15) is 5.54 Å². The number of benzene rings is 2. The third-order valence-corrected chi connectivity index (χ3v) is 4.91. The molecule has 1 aromatic heterocycles. The SMILES string of the molecule is COc1ccc(C(=O)Nc2cnn(C(C)(C)C(=O)NCc3ccccc3)c2)cc1OC. The van der Waals surface area contributed by atoms with Gasteiger partial charge in [0.2, 0.25) is 5.91 Å². The number of aromatic nitrogens is 2. The molecule has 0 aliphatic carbocycles. The van der Waals surface area contributed by atoms with E-state index in [1.165, 1.54) is 25.1 Å². The summed E-state index contributed by atoms with van der Waals surface area (Å²) in [5.74, 6) is 0.487. The molecule has 0 bridgehead atoms. The van der Waals surface area contributed by atoms with Gasteiger partial charge in [0.05, 0.1) is 26.1 Å². The lowest BCUT2D eigenvalue weighted by Gasteiger charge is -2.24. The van der Waals surface area contributed by atoms with E-state index in [0.29, 0.717) is 29.3 Å². The summed E-state index contributed by atoms with van der Waals surface area (Å²) in [6.45, 7) is 3.95. The number of hydrogen-bond acceptors (Lipinski definition) is 5. The van der Waals surface area contributed by atoms with Crippen molar-refractivity contribution >= 4 is 17.5 Å². The van der Waals surface area contributed by atoms with E-state index in [-0.39, 0.29) is 11.8 Å². The van der Waals surface area contributed by atoms with Crippen LogP contribution in [0.3, 0.4) is 0 Å². The van der Waals surface area contributed by atoms with Crippen LogP contribution in [0.25, 0.3) is 0 Å². The molecule has 0 fully saturated rings. The van der Waals surface area contributed by atoms with E-state index in [1.807, 2.05) is 30.3 Å². The highest BCUT2D eigenvalue weighted by atomic mass is 16.5. The first-order valence-corrected chi connectivity index (χ1v) is 9.76. The average Bonchev–Trinajstić information content (AvgIpc) is 3.26. The number of hydrogen-bond donors (Lipinski definition) is 2. The van der Waals surface area contributed by atoms with E-state index >= 15 is 0 Å².